The Kier molecular flexibility index (Phi) is 6.99. The van der Waals surface area contributed by atoms with E-state index in [1.165, 1.54) is 5.56 Å². The molecule has 15 heavy (non-hydrogen) atoms. The summed E-state index contributed by atoms with van der Waals surface area (Å²) in [5.41, 5.74) is 1.71. The maximum Gasteiger partial charge on any atom is 0.168 e. The average Bonchev–Trinajstić information content (AvgIpc) is 2.20. The highest BCUT2D eigenvalue weighted by Crippen LogP contribution is 2.20. The summed E-state index contributed by atoms with van der Waals surface area (Å²) < 4.78 is 0. The molecule has 0 aliphatic heterocycles. The molecule has 0 aliphatic rings. The summed E-state index contributed by atoms with van der Waals surface area (Å²) in [6, 6.07) is 7.73. The minimum Gasteiger partial charge on any atom is -0.294 e. The first-order chi connectivity index (χ1) is 6.91. The molecular weight excluding hydrogens is 414 g/mol. The zero-order chi connectivity index (χ0) is 12.1. The molecule has 1 aromatic carbocycles. The van der Waals surface area contributed by atoms with Gasteiger partial charge in [0, 0.05) is 48.2 Å². The zero-order valence-electron chi connectivity index (χ0n) is 9.47. The lowest BCUT2D eigenvalue weighted by Gasteiger charge is -2.16. The van der Waals surface area contributed by atoms with Crippen LogP contribution < -0.4 is 0 Å². The average molecular weight is 430 g/mol. The van der Waals surface area contributed by atoms with Gasteiger partial charge in [-0.05, 0) is 6.92 Å². The molecule has 0 aliphatic carbocycles. The number of carbonyl (C=O) groups excluding carboxylic acids is 1. The first kappa shape index (κ1) is 15.3. The van der Waals surface area contributed by atoms with E-state index < -0.39 is 0 Å². The van der Waals surface area contributed by atoms with Gasteiger partial charge in [0.2, 0.25) is 0 Å². The smallest absolute Gasteiger partial charge is 0.168 e. The van der Waals surface area contributed by atoms with Crippen molar-refractivity contribution in [3.63, 3.8) is 0 Å². The summed E-state index contributed by atoms with van der Waals surface area (Å²) in [5, 5.41) is 0. The molecule has 0 amide bonds. The van der Waals surface area contributed by atoms with Crippen molar-refractivity contribution in [2.45, 2.75) is 27.7 Å². The fourth-order valence-corrected chi connectivity index (χ4v) is 1.14. The molecular formula is C12H16I2O. The maximum atomic E-state index is 11.8. The predicted octanol–water partition coefficient (Wildman–Crippen LogP) is 5.00. The van der Waals surface area contributed by atoms with E-state index in [9.17, 15) is 4.79 Å². The fourth-order valence-electron chi connectivity index (χ4n) is 1.14. The Morgan fingerprint density at radius 2 is 1.47 bits per heavy atom. The molecule has 0 bridgehead atoms. The van der Waals surface area contributed by atoms with Crippen molar-refractivity contribution in [1.82, 2.24) is 0 Å². The predicted molar refractivity (Wildman–Crippen MR) is 83.0 cm³/mol. The van der Waals surface area contributed by atoms with E-state index in [0.717, 1.165) is 5.56 Å². The van der Waals surface area contributed by atoms with E-state index in [-0.39, 0.29) is 11.2 Å². The van der Waals surface area contributed by atoms with Crippen LogP contribution in [0.3, 0.4) is 0 Å². The van der Waals surface area contributed by atoms with Crippen molar-refractivity contribution in [3.05, 3.63) is 35.4 Å². The van der Waals surface area contributed by atoms with Crippen LogP contribution in [0.4, 0.5) is 0 Å². The number of aryl methyl sites for hydroxylation is 1. The van der Waals surface area contributed by atoms with Gasteiger partial charge in [0.15, 0.2) is 5.78 Å². The molecule has 0 fully saturated rings. The van der Waals surface area contributed by atoms with Crippen LogP contribution in [0.25, 0.3) is 0 Å². The second-order valence-electron chi connectivity index (χ2n) is 4.45. The van der Waals surface area contributed by atoms with Crippen LogP contribution in [0.2, 0.25) is 0 Å². The lowest BCUT2D eigenvalue weighted by atomic mass is 9.86. The Morgan fingerprint density at radius 3 is 1.80 bits per heavy atom. The highest BCUT2D eigenvalue weighted by atomic mass is 128. The van der Waals surface area contributed by atoms with Crippen LogP contribution in [0.15, 0.2) is 24.3 Å². The molecule has 3 heteroatoms. The van der Waals surface area contributed by atoms with Crippen LogP contribution >= 0.6 is 37.2 Å². The lowest BCUT2D eigenvalue weighted by Crippen LogP contribution is -2.19. The highest BCUT2D eigenvalue weighted by molar-refractivity contribution is 15.0. The van der Waals surface area contributed by atoms with Crippen LogP contribution in [0.5, 0.6) is 0 Å². The molecule has 0 unspecified atom stereocenters. The minimum absolute atomic E-state index is 0.201. The molecule has 0 atom stereocenters. The fraction of sp³-hybridized carbons (Fsp3) is 0.417. The summed E-state index contributed by atoms with van der Waals surface area (Å²) in [4.78, 5) is 11.8. The van der Waals surface area contributed by atoms with Gasteiger partial charge < -0.3 is 0 Å². The summed E-state index contributed by atoms with van der Waals surface area (Å²) in [7, 11) is 0. The molecule has 1 nitrogen and oxygen atoms in total. The third-order valence-corrected chi connectivity index (χ3v) is 1.99. The Hall–Kier alpha value is 0.350. The van der Waals surface area contributed by atoms with Gasteiger partial charge in [-0.15, -0.1) is 0 Å². The summed E-state index contributed by atoms with van der Waals surface area (Å²) in [6.45, 7) is 7.84. The van der Waals surface area contributed by atoms with Gasteiger partial charge in [-0.3, -0.25) is 4.79 Å². The Morgan fingerprint density at radius 1 is 1.07 bits per heavy atom. The normalized spacial score (nSPS) is 10.3. The van der Waals surface area contributed by atoms with Gasteiger partial charge in [-0.1, -0.05) is 50.6 Å². The van der Waals surface area contributed by atoms with Gasteiger partial charge in [0.1, 0.15) is 0 Å². The topological polar surface area (TPSA) is 17.1 Å². The number of hydrogen-bond donors (Lipinski definition) is 0. The van der Waals surface area contributed by atoms with Crippen LogP contribution in [-0.4, -0.2) is 5.78 Å². The van der Waals surface area contributed by atoms with Crippen LogP contribution in [0, 0.1) is 12.3 Å². The largest absolute Gasteiger partial charge is 0.294 e. The first-order valence-corrected chi connectivity index (χ1v) is 11.0. The van der Waals surface area contributed by atoms with Gasteiger partial charge in [-0.2, -0.15) is 0 Å². The number of hydrogen-bond acceptors (Lipinski definition) is 1. The highest BCUT2D eigenvalue weighted by Gasteiger charge is 2.22. The number of rotatable bonds is 1. The van der Waals surface area contributed by atoms with Gasteiger partial charge in [0.25, 0.3) is 0 Å². The third-order valence-electron chi connectivity index (χ3n) is 1.99. The second-order valence-corrected chi connectivity index (χ2v) is 4.45. The summed E-state index contributed by atoms with van der Waals surface area (Å²) in [5.74, 6) is 0.201. The van der Waals surface area contributed by atoms with Crippen molar-refractivity contribution >= 4 is 43.0 Å². The van der Waals surface area contributed by atoms with E-state index >= 15 is 0 Å². The van der Waals surface area contributed by atoms with Crippen molar-refractivity contribution < 1.29 is 4.79 Å². The van der Waals surface area contributed by atoms with E-state index in [0.29, 0.717) is 0 Å². The summed E-state index contributed by atoms with van der Waals surface area (Å²) >= 11 is 4.24. The van der Waals surface area contributed by atoms with Gasteiger partial charge in [-0.25, -0.2) is 0 Å². The van der Waals surface area contributed by atoms with E-state index in [4.69, 9.17) is 0 Å². The standard InChI is InChI=1S/C12H16O.I2/c1-9-5-7-10(8-6-9)11(13)12(2,3)4;1-2/h5-8H,1-4H3;. The first-order valence-electron chi connectivity index (χ1n) is 4.67. The van der Waals surface area contributed by atoms with Crippen LogP contribution in [-0.2, 0) is 0 Å². The van der Waals surface area contributed by atoms with Crippen molar-refractivity contribution in [2.24, 2.45) is 5.41 Å². The zero-order valence-corrected chi connectivity index (χ0v) is 13.8. The summed E-state index contributed by atoms with van der Waals surface area (Å²) in [6.07, 6.45) is 0. The SMILES string of the molecule is Cc1ccc(C(=O)C(C)(C)C)cc1.II. The molecule has 0 saturated carbocycles. The quantitative estimate of drug-likeness (QED) is 0.453. The lowest BCUT2D eigenvalue weighted by molar-refractivity contribution is 0.0858. The Labute approximate surface area is 115 Å². The number of benzene rings is 1. The van der Waals surface area contributed by atoms with E-state index in [2.05, 4.69) is 37.2 Å². The van der Waals surface area contributed by atoms with Gasteiger partial charge in [0.05, 0.1) is 0 Å². The Balaban J connectivity index is 0.000000921. The molecule has 0 heterocycles. The molecule has 0 aromatic heterocycles. The molecule has 0 N–H and O–H groups in total. The number of halogens is 2. The third kappa shape index (κ3) is 5.29. The molecule has 0 saturated heterocycles. The number of Topliss-reactive ketones (excluding diaryl/α,β-unsaturated/α-hetero) is 1. The number of carbonyl (C=O) groups is 1. The molecule has 0 spiro atoms. The van der Waals surface area contributed by atoms with E-state index in [1.807, 2.05) is 52.0 Å². The van der Waals surface area contributed by atoms with Gasteiger partial charge >= 0.3 is 0 Å². The second kappa shape index (κ2) is 6.83. The maximum absolute atomic E-state index is 11.8. The molecule has 1 aromatic rings. The van der Waals surface area contributed by atoms with E-state index in [1.54, 1.807) is 0 Å². The van der Waals surface area contributed by atoms with Crippen molar-refractivity contribution in [3.8, 4) is 0 Å². The van der Waals surface area contributed by atoms with Crippen LogP contribution in [0.1, 0.15) is 36.7 Å². The molecule has 0 radical (unpaired) electrons. The van der Waals surface area contributed by atoms with Crippen molar-refractivity contribution in [2.75, 3.05) is 0 Å². The van der Waals surface area contributed by atoms with Crippen molar-refractivity contribution in [1.29, 1.82) is 0 Å². The molecule has 84 valence electrons. The number of ketones is 1. The Bertz CT molecular complexity index is 309. The monoisotopic (exact) mass is 430 g/mol. The minimum atomic E-state index is -0.282. The molecule has 1 rings (SSSR count).